The Bertz CT molecular complexity index is 739. The smallest absolute Gasteiger partial charge is 0.222 e. The summed E-state index contributed by atoms with van der Waals surface area (Å²) in [5.41, 5.74) is 1.51. The van der Waals surface area contributed by atoms with E-state index < -0.39 is 0 Å². The van der Waals surface area contributed by atoms with Gasteiger partial charge in [0.05, 0.1) is 0 Å². The summed E-state index contributed by atoms with van der Waals surface area (Å²) in [5.74, 6) is 0.967. The maximum Gasteiger partial charge on any atom is 0.222 e. The van der Waals surface area contributed by atoms with Crippen LogP contribution in [0.2, 0.25) is 0 Å². The second kappa shape index (κ2) is 8.25. The van der Waals surface area contributed by atoms with E-state index in [1.807, 2.05) is 35.2 Å². The first-order chi connectivity index (χ1) is 12.3. The summed E-state index contributed by atoms with van der Waals surface area (Å²) in [4.78, 5) is 16.6. The molecule has 1 amide bonds. The summed E-state index contributed by atoms with van der Waals surface area (Å²) >= 11 is 0. The quantitative estimate of drug-likeness (QED) is 0.855. The van der Waals surface area contributed by atoms with Crippen LogP contribution >= 0.6 is 0 Å². The van der Waals surface area contributed by atoms with Gasteiger partial charge in [0.15, 0.2) is 11.5 Å². The average molecular weight is 335 g/mol. The van der Waals surface area contributed by atoms with Crippen LogP contribution in [0.25, 0.3) is 0 Å². The van der Waals surface area contributed by atoms with Crippen LogP contribution in [0.4, 0.5) is 5.82 Å². The monoisotopic (exact) mass is 335 g/mol. The van der Waals surface area contributed by atoms with Gasteiger partial charge in [0.2, 0.25) is 5.91 Å². The lowest BCUT2D eigenvalue weighted by molar-refractivity contribution is -0.130. The topological polar surface area (TPSA) is 73.1 Å². The second-order valence-corrected chi connectivity index (χ2v) is 6.10. The van der Waals surface area contributed by atoms with Gasteiger partial charge in [-0.25, -0.2) is 0 Å². The summed E-state index contributed by atoms with van der Waals surface area (Å²) in [6, 6.07) is 15.6. The predicted molar refractivity (Wildman–Crippen MR) is 94.9 cm³/mol. The number of rotatable bonds is 4. The van der Waals surface area contributed by atoms with Crippen molar-refractivity contribution in [2.75, 3.05) is 31.1 Å². The van der Waals surface area contributed by atoms with E-state index in [0.29, 0.717) is 18.7 Å². The minimum Gasteiger partial charge on any atom is -0.353 e. The van der Waals surface area contributed by atoms with Crippen LogP contribution < -0.4 is 4.90 Å². The highest BCUT2D eigenvalue weighted by Crippen LogP contribution is 2.14. The molecule has 1 aliphatic heterocycles. The first-order valence-corrected chi connectivity index (χ1v) is 8.57. The number of carbonyl (C=O) groups excluding carboxylic acids is 1. The van der Waals surface area contributed by atoms with Crippen molar-refractivity contribution in [2.45, 2.75) is 19.3 Å². The summed E-state index contributed by atoms with van der Waals surface area (Å²) in [7, 11) is 0. The fourth-order valence-electron chi connectivity index (χ4n) is 3.00. The molecule has 2 aromatic rings. The number of aromatic nitrogens is 2. The normalized spacial score (nSPS) is 14.7. The third kappa shape index (κ3) is 4.54. The molecule has 2 heterocycles. The van der Waals surface area contributed by atoms with Crippen molar-refractivity contribution in [3.8, 4) is 6.07 Å². The number of nitriles is 1. The van der Waals surface area contributed by atoms with Gasteiger partial charge in [-0.05, 0) is 30.5 Å². The van der Waals surface area contributed by atoms with Crippen LogP contribution in [0, 0.1) is 11.3 Å². The Balaban J connectivity index is 1.53. The molecule has 0 spiro atoms. The maximum absolute atomic E-state index is 12.5. The summed E-state index contributed by atoms with van der Waals surface area (Å²) in [6.45, 7) is 3.03. The molecule has 25 heavy (non-hydrogen) atoms. The van der Waals surface area contributed by atoms with Crippen LogP contribution in [0.15, 0.2) is 42.5 Å². The summed E-state index contributed by atoms with van der Waals surface area (Å²) in [6.07, 6.45) is 2.22. The lowest BCUT2D eigenvalue weighted by atomic mass is 10.1. The fraction of sp³-hybridized carbons (Fsp3) is 0.368. The molecule has 0 saturated carbocycles. The maximum atomic E-state index is 12.5. The molecule has 0 radical (unpaired) electrons. The van der Waals surface area contributed by atoms with Crippen molar-refractivity contribution >= 4 is 11.7 Å². The molecule has 1 saturated heterocycles. The molecular weight excluding hydrogens is 314 g/mol. The first kappa shape index (κ1) is 16.9. The third-order valence-electron chi connectivity index (χ3n) is 4.41. The Hall–Kier alpha value is -2.94. The Labute approximate surface area is 147 Å². The van der Waals surface area contributed by atoms with E-state index in [0.717, 1.165) is 38.3 Å². The average Bonchev–Trinajstić information content (AvgIpc) is 2.93. The van der Waals surface area contributed by atoms with Gasteiger partial charge in [-0.2, -0.15) is 5.26 Å². The van der Waals surface area contributed by atoms with Gasteiger partial charge >= 0.3 is 0 Å². The number of nitrogens with zero attached hydrogens (tertiary/aromatic N) is 5. The van der Waals surface area contributed by atoms with Gasteiger partial charge in [0, 0.05) is 32.6 Å². The molecule has 6 nitrogen and oxygen atoms in total. The van der Waals surface area contributed by atoms with Crippen molar-refractivity contribution in [3.63, 3.8) is 0 Å². The van der Waals surface area contributed by atoms with Crippen LogP contribution in [-0.4, -0.2) is 47.2 Å². The number of anilines is 1. The van der Waals surface area contributed by atoms with Crippen molar-refractivity contribution in [3.05, 3.63) is 53.7 Å². The molecule has 1 aliphatic rings. The molecule has 128 valence electrons. The van der Waals surface area contributed by atoms with Gasteiger partial charge in [0.1, 0.15) is 6.07 Å². The molecule has 0 N–H and O–H groups in total. The Morgan fingerprint density at radius 2 is 1.88 bits per heavy atom. The van der Waals surface area contributed by atoms with Crippen molar-refractivity contribution in [1.82, 2.24) is 15.1 Å². The Morgan fingerprint density at radius 3 is 2.60 bits per heavy atom. The van der Waals surface area contributed by atoms with Crippen LogP contribution in [0.3, 0.4) is 0 Å². The van der Waals surface area contributed by atoms with E-state index in [4.69, 9.17) is 5.26 Å². The number of hydrogen-bond donors (Lipinski definition) is 0. The summed E-state index contributed by atoms with van der Waals surface area (Å²) in [5, 5.41) is 16.8. The highest BCUT2D eigenvalue weighted by molar-refractivity contribution is 5.76. The van der Waals surface area contributed by atoms with Crippen LogP contribution in [-0.2, 0) is 11.2 Å². The van der Waals surface area contributed by atoms with E-state index in [-0.39, 0.29) is 5.91 Å². The minimum absolute atomic E-state index is 0.205. The van der Waals surface area contributed by atoms with Crippen LogP contribution in [0.5, 0.6) is 0 Å². The van der Waals surface area contributed by atoms with Crippen LogP contribution in [0.1, 0.15) is 24.1 Å². The zero-order chi connectivity index (χ0) is 17.5. The van der Waals surface area contributed by atoms with Crippen molar-refractivity contribution < 1.29 is 4.79 Å². The molecule has 0 atom stereocenters. The molecule has 6 heteroatoms. The largest absolute Gasteiger partial charge is 0.353 e. The van der Waals surface area contributed by atoms with Gasteiger partial charge in [-0.15, -0.1) is 10.2 Å². The molecule has 3 rings (SSSR count). The standard InChI is InChI=1S/C19H21N5O/c20-15-17-8-9-18(22-21-17)23-11-4-12-24(14-13-23)19(25)10-7-16-5-2-1-3-6-16/h1-3,5-6,8-9H,4,7,10-14H2. The Morgan fingerprint density at radius 1 is 1.04 bits per heavy atom. The van der Waals surface area contributed by atoms with Crippen molar-refractivity contribution in [1.29, 1.82) is 5.26 Å². The lowest BCUT2D eigenvalue weighted by Crippen LogP contribution is -2.35. The van der Waals surface area contributed by atoms with Gasteiger partial charge in [-0.1, -0.05) is 30.3 Å². The van der Waals surface area contributed by atoms with Crippen molar-refractivity contribution in [2.24, 2.45) is 0 Å². The minimum atomic E-state index is 0.205. The number of aryl methyl sites for hydroxylation is 1. The first-order valence-electron chi connectivity index (χ1n) is 8.57. The molecule has 1 aromatic carbocycles. The van der Waals surface area contributed by atoms with E-state index >= 15 is 0 Å². The zero-order valence-electron chi connectivity index (χ0n) is 14.1. The zero-order valence-corrected chi connectivity index (χ0v) is 14.1. The molecule has 0 bridgehead atoms. The number of amides is 1. The van der Waals surface area contributed by atoms with Gasteiger partial charge < -0.3 is 9.80 Å². The molecule has 1 fully saturated rings. The van der Waals surface area contributed by atoms with E-state index in [9.17, 15) is 4.79 Å². The molecular formula is C19H21N5O. The van der Waals surface area contributed by atoms with E-state index in [2.05, 4.69) is 27.2 Å². The highest BCUT2D eigenvalue weighted by Gasteiger charge is 2.20. The number of benzene rings is 1. The highest BCUT2D eigenvalue weighted by atomic mass is 16.2. The number of hydrogen-bond acceptors (Lipinski definition) is 5. The lowest BCUT2D eigenvalue weighted by Gasteiger charge is -2.22. The van der Waals surface area contributed by atoms with Gasteiger partial charge in [-0.3, -0.25) is 4.79 Å². The molecule has 0 aliphatic carbocycles. The molecule has 0 unspecified atom stereocenters. The third-order valence-corrected chi connectivity index (χ3v) is 4.41. The fourth-order valence-corrected chi connectivity index (χ4v) is 3.00. The Kier molecular flexibility index (Phi) is 5.57. The van der Waals surface area contributed by atoms with Gasteiger partial charge in [0.25, 0.3) is 0 Å². The SMILES string of the molecule is N#Cc1ccc(N2CCCN(C(=O)CCc3ccccc3)CC2)nn1. The predicted octanol–water partition coefficient (Wildman–Crippen LogP) is 2.02. The molecule has 1 aromatic heterocycles. The van der Waals surface area contributed by atoms with E-state index in [1.54, 1.807) is 6.07 Å². The number of carbonyl (C=O) groups is 1. The summed E-state index contributed by atoms with van der Waals surface area (Å²) < 4.78 is 0. The van der Waals surface area contributed by atoms with E-state index in [1.165, 1.54) is 5.56 Å². The second-order valence-electron chi connectivity index (χ2n) is 6.10.